The number of amides is 2. The first-order valence-corrected chi connectivity index (χ1v) is 9.05. The summed E-state index contributed by atoms with van der Waals surface area (Å²) in [4.78, 5) is 26.9. The molecule has 5 heteroatoms. The summed E-state index contributed by atoms with van der Waals surface area (Å²) in [6.07, 6.45) is 4.35. The van der Waals surface area contributed by atoms with Crippen LogP contribution in [0, 0.1) is 5.92 Å². The summed E-state index contributed by atoms with van der Waals surface area (Å²) in [6, 6.07) is 10.0. The van der Waals surface area contributed by atoms with Crippen molar-refractivity contribution in [3.63, 3.8) is 0 Å². The third kappa shape index (κ3) is 4.57. The Bertz CT molecular complexity index is 555. The quantitative estimate of drug-likeness (QED) is 0.876. The Hall–Kier alpha value is -1.88. The van der Waals surface area contributed by atoms with Crippen LogP contribution in [0.1, 0.15) is 31.2 Å². The highest BCUT2D eigenvalue weighted by Gasteiger charge is 2.29. The molecule has 2 amide bonds. The van der Waals surface area contributed by atoms with Crippen LogP contribution in [-0.2, 0) is 16.0 Å². The second-order valence-electron chi connectivity index (χ2n) is 6.89. The molecule has 3 rings (SSSR count). The maximum Gasteiger partial charge on any atom is 0.227 e. The molecule has 0 aromatic heterocycles. The average Bonchev–Trinajstić information content (AvgIpc) is 2.63. The van der Waals surface area contributed by atoms with Gasteiger partial charge in [-0.1, -0.05) is 30.3 Å². The van der Waals surface area contributed by atoms with Crippen molar-refractivity contribution in [2.24, 2.45) is 5.92 Å². The normalized spacial score (nSPS) is 24.4. The molecule has 2 N–H and O–H groups in total. The summed E-state index contributed by atoms with van der Waals surface area (Å²) < 4.78 is 0. The standard InChI is InChI=1S/C19H27N3O2/c23-18(12-15-6-2-1-3-7-15)22-11-5-8-16(14-22)19(24)21-17-9-4-10-20-13-17/h1-3,6-7,16-17,20H,4-5,8-14H2,(H,21,24)/t16?,17-/m0/s1. The molecule has 0 saturated carbocycles. The molecule has 24 heavy (non-hydrogen) atoms. The number of hydrogen-bond donors (Lipinski definition) is 2. The Balaban J connectivity index is 1.51. The number of carbonyl (C=O) groups is 2. The van der Waals surface area contributed by atoms with Crippen LogP contribution in [0.4, 0.5) is 0 Å². The zero-order chi connectivity index (χ0) is 16.8. The van der Waals surface area contributed by atoms with Crippen LogP contribution >= 0.6 is 0 Å². The van der Waals surface area contributed by atoms with Gasteiger partial charge in [-0.2, -0.15) is 0 Å². The third-order valence-corrected chi connectivity index (χ3v) is 4.99. The fourth-order valence-electron chi connectivity index (χ4n) is 3.59. The van der Waals surface area contributed by atoms with E-state index in [9.17, 15) is 9.59 Å². The summed E-state index contributed by atoms with van der Waals surface area (Å²) in [5.74, 6) is 0.166. The van der Waals surface area contributed by atoms with Gasteiger partial charge in [0.1, 0.15) is 0 Å². The second kappa shape index (κ2) is 8.29. The molecular formula is C19H27N3O2. The molecule has 1 unspecified atom stereocenters. The molecule has 2 atom stereocenters. The number of likely N-dealkylation sites (tertiary alicyclic amines) is 1. The Morgan fingerprint density at radius 1 is 1.17 bits per heavy atom. The molecule has 0 radical (unpaired) electrons. The zero-order valence-electron chi connectivity index (χ0n) is 14.2. The Labute approximate surface area is 143 Å². The first kappa shape index (κ1) is 17.0. The zero-order valence-corrected chi connectivity index (χ0v) is 14.2. The summed E-state index contributed by atoms with van der Waals surface area (Å²) in [6.45, 7) is 3.21. The number of carbonyl (C=O) groups excluding carboxylic acids is 2. The van der Waals surface area contributed by atoms with E-state index in [1.165, 1.54) is 0 Å². The predicted octanol–water partition coefficient (Wildman–Crippen LogP) is 1.34. The monoisotopic (exact) mass is 329 g/mol. The van der Waals surface area contributed by atoms with Crippen LogP contribution < -0.4 is 10.6 Å². The van der Waals surface area contributed by atoms with Gasteiger partial charge in [-0.05, 0) is 37.8 Å². The van der Waals surface area contributed by atoms with Crippen LogP contribution in [0.15, 0.2) is 30.3 Å². The van der Waals surface area contributed by atoms with E-state index in [-0.39, 0.29) is 23.8 Å². The van der Waals surface area contributed by atoms with E-state index in [4.69, 9.17) is 0 Å². The molecule has 1 aromatic rings. The molecule has 0 bridgehead atoms. The van der Waals surface area contributed by atoms with Crippen LogP contribution in [0.25, 0.3) is 0 Å². The smallest absolute Gasteiger partial charge is 0.227 e. The number of nitrogens with zero attached hydrogens (tertiary/aromatic N) is 1. The molecule has 2 saturated heterocycles. The molecule has 5 nitrogen and oxygen atoms in total. The van der Waals surface area contributed by atoms with Gasteiger partial charge in [-0.3, -0.25) is 9.59 Å². The summed E-state index contributed by atoms with van der Waals surface area (Å²) >= 11 is 0. The van der Waals surface area contributed by atoms with Gasteiger partial charge in [-0.25, -0.2) is 0 Å². The Morgan fingerprint density at radius 2 is 2.00 bits per heavy atom. The van der Waals surface area contributed by atoms with Crippen molar-refractivity contribution in [1.29, 1.82) is 0 Å². The van der Waals surface area contributed by atoms with Crippen LogP contribution in [0.2, 0.25) is 0 Å². The first-order valence-electron chi connectivity index (χ1n) is 9.05. The van der Waals surface area contributed by atoms with Crippen molar-refractivity contribution in [2.45, 2.75) is 38.1 Å². The van der Waals surface area contributed by atoms with Crippen LogP contribution in [0.5, 0.6) is 0 Å². The van der Waals surface area contributed by atoms with Gasteiger partial charge < -0.3 is 15.5 Å². The minimum Gasteiger partial charge on any atom is -0.352 e. The van der Waals surface area contributed by atoms with E-state index in [1.807, 2.05) is 35.2 Å². The molecule has 2 fully saturated rings. The lowest BCUT2D eigenvalue weighted by molar-refractivity contribution is -0.135. The lowest BCUT2D eigenvalue weighted by atomic mass is 9.95. The van der Waals surface area contributed by atoms with Crippen LogP contribution in [-0.4, -0.2) is 48.9 Å². The summed E-state index contributed by atoms with van der Waals surface area (Å²) in [5, 5.41) is 6.48. The van der Waals surface area contributed by atoms with Gasteiger partial charge in [0.2, 0.25) is 11.8 Å². The minimum atomic E-state index is -0.0691. The van der Waals surface area contributed by atoms with Gasteiger partial charge in [0.15, 0.2) is 0 Å². The lowest BCUT2D eigenvalue weighted by Gasteiger charge is -2.33. The molecular weight excluding hydrogens is 302 g/mol. The third-order valence-electron chi connectivity index (χ3n) is 4.99. The maximum atomic E-state index is 12.5. The number of nitrogens with one attached hydrogen (secondary N) is 2. The molecule has 2 aliphatic rings. The van der Waals surface area contributed by atoms with Crippen molar-refractivity contribution in [3.05, 3.63) is 35.9 Å². The number of piperidine rings is 2. The molecule has 2 aliphatic heterocycles. The van der Waals surface area contributed by atoms with E-state index in [0.717, 1.165) is 50.9 Å². The van der Waals surface area contributed by atoms with E-state index in [2.05, 4.69) is 10.6 Å². The van der Waals surface area contributed by atoms with E-state index in [0.29, 0.717) is 13.0 Å². The fraction of sp³-hybridized carbons (Fsp3) is 0.579. The van der Waals surface area contributed by atoms with Gasteiger partial charge in [0.05, 0.1) is 12.3 Å². The number of rotatable bonds is 4. The minimum absolute atomic E-state index is 0.0691. The van der Waals surface area contributed by atoms with E-state index >= 15 is 0 Å². The van der Waals surface area contributed by atoms with Crippen molar-refractivity contribution < 1.29 is 9.59 Å². The summed E-state index contributed by atoms with van der Waals surface area (Å²) in [7, 11) is 0. The molecule has 0 spiro atoms. The topological polar surface area (TPSA) is 61.4 Å². The van der Waals surface area contributed by atoms with Gasteiger partial charge in [0.25, 0.3) is 0 Å². The number of benzene rings is 1. The predicted molar refractivity (Wildman–Crippen MR) is 93.5 cm³/mol. The van der Waals surface area contributed by atoms with Gasteiger partial charge in [-0.15, -0.1) is 0 Å². The maximum absolute atomic E-state index is 12.5. The SMILES string of the molecule is O=C(N[C@H]1CCCNC1)C1CCCN(C(=O)Cc2ccccc2)C1. The average molecular weight is 329 g/mol. The van der Waals surface area contributed by atoms with Crippen molar-refractivity contribution >= 4 is 11.8 Å². The number of hydrogen-bond acceptors (Lipinski definition) is 3. The highest BCUT2D eigenvalue weighted by molar-refractivity contribution is 5.82. The van der Waals surface area contributed by atoms with Crippen LogP contribution in [0.3, 0.4) is 0 Å². The molecule has 1 aromatic carbocycles. The van der Waals surface area contributed by atoms with Crippen molar-refractivity contribution in [3.8, 4) is 0 Å². The Kier molecular flexibility index (Phi) is 5.86. The second-order valence-corrected chi connectivity index (χ2v) is 6.89. The highest BCUT2D eigenvalue weighted by Crippen LogP contribution is 2.18. The highest BCUT2D eigenvalue weighted by atomic mass is 16.2. The summed E-state index contributed by atoms with van der Waals surface area (Å²) in [5.41, 5.74) is 1.03. The van der Waals surface area contributed by atoms with Crippen molar-refractivity contribution in [2.75, 3.05) is 26.2 Å². The van der Waals surface area contributed by atoms with Gasteiger partial charge >= 0.3 is 0 Å². The Morgan fingerprint density at radius 3 is 2.75 bits per heavy atom. The largest absolute Gasteiger partial charge is 0.352 e. The first-order chi connectivity index (χ1) is 11.7. The van der Waals surface area contributed by atoms with E-state index in [1.54, 1.807) is 0 Å². The molecule has 130 valence electrons. The van der Waals surface area contributed by atoms with Gasteiger partial charge in [0, 0.05) is 25.7 Å². The van der Waals surface area contributed by atoms with E-state index < -0.39 is 0 Å². The lowest BCUT2D eigenvalue weighted by Crippen LogP contribution is -2.51. The van der Waals surface area contributed by atoms with Crippen molar-refractivity contribution in [1.82, 2.24) is 15.5 Å². The fourth-order valence-corrected chi connectivity index (χ4v) is 3.59. The molecule has 0 aliphatic carbocycles. The molecule has 2 heterocycles.